The molecule has 0 aromatic heterocycles. The Kier molecular flexibility index (Phi) is 4.45. The molecule has 0 aliphatic heterocycles. The fraction of sp³-hybridized carbons (Fsp3) is 0. The molecule has 7 nitrogen and oxygen atoms in total. The molecule has 9 heteroatoms. The van der Waals surface area contributed by atoms with E-state index in [9.17, 15) is 26.4 Å². The van der Waals surface area contributed by atoms with E-state index in [1.807, 2.05) is 0 Å². The lowest BCUT2D eigenvalue weighted by Crippen LogP contribution is -2.25. The van der Waals surface area contributed by atoms with E-state index in [4.69, 9.17) is 0 Å². The lowest BCUT2D eigenvalue weighted by Gasteiger charge is -2.19. The maximum atomic E-state index is 12.9. The minimum absolute atomic E-state index is 0.0403. The van der Waals surface area contributed by atoms with Crippen LogP contribution in [0.3, 0.4) is 0 Å². The van der Waals surface area contributed by atoms with Gasteiger partial charge in [0.25, 0.3) is 0 Å². The van der Waals surface area contributed by atoms with Crippen molar-refractivity contribution in [2.75, 3.05) is 0 Å². The largest absolute Gasteiger partial charge is 0.312 e. The number of hydrogen-bond acceptors (Lipinski definition) is 7. The average molecular weight is 428 g/mol. The minimum atomic E-state index is -4.93. The van der Waals surface area contributed by atoms with Gasteiger partial charge in [0.05, 0.1) is 10.5 Å². The van der Waals surface area contributed by atoms with Crippen LogP contribution >= 0.6 is 0 Å². The van der Waals surface area contributed by atoms with Gasteiger partial charge < -0.3 is 0 Å². The Labute approximate surface area is 166 Å². The van der Waals surface area contributed by atoms with Gasteiger partial charge in [-0.2, -0.15) is 16.8 Å². The number of benzene rings is 3. The predicted octanol–water partition coefficient (Wildman–Crippen LogP) is 2.56. The molecular formula is C20H12O7S2. The molecule has 0 unspecified atom stereocenters. The zero-order chi connectivity index (χ0) is 20.8. The predicted molar refractivity (Wildman–Crippen MR) is 102 cm³/mol. The molecule has 0 spiro atoms. The van der Waals surface area contributed by atoms with Gasteiger partial charge >= 0.3 is 20.2 Å². The van der Waals surface area contributed by atoms with E-state index in [1.54, 1.807) is 18.2 Å². The van der Waals surface area contributed by atoms with Crippen LogP contribution in [0, 0.1) is 0 Å². The summed E-state index contributed by atoms with van der Waals surface area (Å²) in [7, 11) is -9.60. The third-order valence-corrected chi connectivity index (χ3v) is 7.56. The number of hydrogen-bond donors (Lipinski definition) is 0. The smallest absolute Gasteiger partial charge is 0.289 e. The van der Waals surface area contributed by atoms with Crippen molar-refractivity contribution >= 4 is 31.8 Å². The molecule has 0 saturated carbocycles. The van der Waals surface area contributed by atoms with E-state index in [0.29, 0.717) is 0 Å². The van der Waals surface area contributed by atoms with Crippen molar-refractivity contribution in [2.24, 2.45) is 0 Å². The maximum Gasteiger partial charge on any atom is 0.312 e. The van der Waals surface area contributed by atoms with Gasteiger partial charge in [0.1, 0.15) is 4.90 Å². The molecule has 0 heterocycles. The van der Waals surface area contributed by atoms with Crippen molar-refractivity contribution in [3.63, 3.8) is 0 Å². The fourth-order valence-electron chi connectivity index (χ4n) is 3.10. The van der Waals surface area contributed by atoms with Crippen LogP contribution in [0.5, 0.6) is 0 Å². The van der Waals surface area contributed by atoms with Crippen molar-refractivity contribution < 1.29 is 30.1 Å². The van der Waals surface area contributed by atoms with Gasteiger partial charge in [0, 0.05) is 16.7 Å². The van der Waals surface area contributed by atoms with Crippen LogP contribution in [0.15, 0.2) is 82.6 Å². The van der Waals surface area contributed by atoms with Gasteiger partial charge in [-0.3, -0.25) is 9.59 Å². The highest BCUT2D eigenvalue weighted by molar-refractivity contribution is 8.00. The first-order chi connectivity index (χ1) is 13.7. The molecule has 1 aliphatic rings. The van der Waals surface area contributed by atoms with Crippen LogP contribution in [-0.2, 0) is 23.9 Å². The van der Waals surface area contributed by atoms with Crippen molar-refractivity contribution in [1.82, 2.24) is 0 Å². The summed E-state index contributed by atoms with van der Waals surface area (Å²) in [5.41, 5.74) is -0.342. The summed E-state index contributed by atoms with van der Waals surface area (Å²) in [5.74, 6) is -1.23. The molecule has 146 valence electrons. The zero-order valence-electron chi connectivity index (χ0n) is 14.6. The second-order valence-corrected chi connectivity index (χ2v) is 9.44. The average Bonchev–Trinajstić information content (AvgIpc) is 2.71. The molecule has 0 saturated heterocycles. The summed E-state index contributed by atoms with van der Waals surface area (Å²) in [6.07, 6.45) is 0. The monoisotopic (exact) mass is 428 g/mol. The number of ketones is 2. The number of rotatable bonds is 4. The number of carbonyl (C=O) groups excluding carboxylic acids is 2. The van der Waals surface area contributed by atoms with Gasteiger partial charge in [0.15, 0.2) is 11.6 Å². The molecule has 0 radical (unpaired) electrons. The van der Waals surface area contributed by atoms with Crippen LogP contribution in [-0.4, -0.2) is 28.4 Å². The second kappa shape index (κ2) is 6.73. The molecule has 3 aromatic carbocycles. The van der Waals surface area contributed by atoms with Crippen LogP contribution in [0.1, 0.15) is 31.8 Å². The van der Waals surface area contributed by atoms with E-state index < -0.39 is 42.3 Å². The summed E-state index contributed by atoms with van der Waals surface area (Å²) in [6, 6.07) is 16.3. The Morgan fingerprint density at radius 1 is 0.552 bits per heavy atom. The Bertz CT molecular complexity index is 1370. The summed E-state index contributed by atoms with van der Waals surface area (Å²) in [4.78, 5) is 24.6. The number of fused-ring (bicyclic) bond motifs is 2. The lowest BCUT2D eigenvalue weighted by molar-refractivity contribution is 0.0976. The Morgan fingerprint density at radius 2 is 1.10 bits per heavy atom. The molecule has 3 aromatic rings. The van der Waals surface area contributed by atoms with E-state index >= 15 is 0 Å². The van der Waals surface area contributed by atoms with Gasteiger partial charge in [-0.05, 0) is 18.2 Å². The highest BCUT2D eigenvalue weighted by Gasteiger charge is 2.37. The standard InChI is InChI=1S/C20H12O7S2/c21-19-14-9-4-5-10-15(14)20(22)18-16(19)11-6-12-17(18)29(25,26)27-28(23,24)13-7-2-1-3-8-13/h1-12H. The normalized spacial score (nSPS) is 13.7. The Morgan fingerprint density at radius 3 is 1.76 bits per heavy atom. The summed E-state index contributed by atoms with van der Waals surface area (Å²) in [5, 5.41) is 0. The van der Waals surface area contributed by atoms with E-state index in [1.165, 1.54) is 48.5 Å². The number of carbonyl (C=O) groups is 2. The van der Waals surface area contributed by atoms with Gasteiger partial charge in [0.2, 0.25) is 0 Å². The first kappa shape index (κ1) is 19.2. The fourth-order valence-corrected chi connectivity index (χ4v) is 5.84. The maximum absolute atomic E-state index is 12.9. The van der Waals surface area contributed by atoms with E-state index in [-0.39, 0.29) is 21.6 Å². The molecule has 29 heavy (non-hydrogen) atoms. The van der Waals surface area contributed by atoms with Crippen LogP contribution in [0.4, 0.5) is 0 Å². The molecule has 0 atom stereocenters. The van der Waals surface area contributed by atoms with Gasteiger partial charge in [-0.15, -0.1) is 3.63 Å². The first-order valence-electron chi connectivity index (χ1n) is 8.30. The van der Waals surface area contributed by atoms with Gasteiger partial charge in [-0.1, -0.05) is 54.6 Å². The summed E-state index contributed by atoms with van der Waals surface area (Å²) >= 11 is 0. The zero-order valence-corrected chi connectivity index (χ0v) is 16.2. The van der Waals surface area contributed by atoms with Crippen molar-refractivity contribution in [2.45, 2.75) is 9.79 Å². The summed E-state index contributed by atoms with van der Waals surface area (Å²) < 4.78 is 54.9. The van der Waals surface area contributed by atoms with Crippen molar-refractivity contribution in [1.29, 1.82) is 0 Å². The highest BCUT2D eigenvalue weighted by Crippen LogP contribution is 2.33. The first-order valence-corrected chi connectivity index (χ1v) is 11.1. The summed E-state index contributed by atoms with van der Waals surface area (Å²) in [6.45, 7) is 0. The molecule has 4 rings (SSSR count). The SMILES string of the molecule is O=C1c2ccccc2C(=O)c2c1cccc2S(=O)(=O)OS(=O)(=O)c1ccccc1. The molecular weight excluding hydrogens is 416 g/mol. The van der Waals surface area contributed by atoms with Crippen molar-refractivity contribution in [3.8, 4) is 0 Å². The second-order valence-electron chi connectivity index (χ2n) is 6.17. The van der Waals surface area contributed by atoms with Crippen LogP contribution in [0.2, 0.25) is 0 Å². The Hall–Kier alpha value is -3.14. The Balaban J connectivity index is 1.85. The van der Waals surface area contributed by atoms with Crippen LogP contribution < -0.4 is 0 Å². The van der Waals surface area contributed by atoms with E-state index in [0.717, 1.165) is 6.07 Å². The van der Waals surface area contributed by atoms with Gasteiger partial charge in [-0.25, -0.2) is 0 Å². The quantitative estimate of drug-likeness (QED) is 0.491. The minimum Gasteiger partial charge on any atom is -0.289 e. The molecule has 0 N–H and O–H groups in total. The van der Waals surface area contributed by atoms with Crippen molar-refractivity contribution in [3.05, 3.63) is 95.1 Å². The topological polar surface area (TPSA) is 112 Å². The molecule has 1 aliphatic carbocycles. The molecule has 0 amide bonds. The van der Waals surface area contributed by atoms with E-state index in [2.05, 4.69) is 3.63 Å². The van der Waals surface area contributed by atoms with Crippen LogP contribution in [0.25, 0.3) is 0 Å². The third kappa shape index (κ3) is 3.19. The lowest BCUT2D eigenvalue weighted by atomic mass is 9.84. The molecule has 0 fully saturated rings. The molecule has 0 bridgehead atoms. The third-order valence-electron chi connectivity index (χ3n) is 4.39. The highest BCUT2D eigenvalue weighted by atomic mass is 32.3.